The fraction of sp³-hybridized carbons (Fsp3) is 0.0769. The predicted molar refractivity (Wildman–Crippen MR) is 64.1 cm³/mol. The van der Waals surface area contributed by atoms with Gasteiger partial charge in [0.1, 0.15) is 0 Å². The maximum absolute atomic E-state index is 13.5. The molecule has 0 amide bonds. The third-order valence-corrected chi connectivity index (χ3v) is 2.58. The van der Waals surface area contributed by atoms with Gasteiger partial charge in [0.2, 0.25) is 17.4 Å². The molecule has 0 atom stereocenters. The third-order valence-electron chi connectivity index (χ3n) is 2.58. The van der Waals surface area contributed by atoms with Gasteiger partial charge in [-0.3, -0.25) is 0 Å². The van der Waals surface area contributed by atoms with Crippen molar-refractivity contribution in [2.45, 2.75) is 0 Å². The van der Waals surface area contributed by atoms with Crippen molar-refractivity contribution in [2.24, 2.45) is 0 Å². The van der Waals surface area contributed by atoms with Crippen LogP contribution in [-0.4, -0.2) is 23.2 Å². The van der Waals surface area contributed by atoms with Gasteiger partial charge in [-0.2, -0.15) is 22.5 Å². The molecule has 0 fully saturated rings. The molecule has 2 aromatic rings. The zero-order chi connectivity index (χ0) is 16.4. The van der Waals surface area contributed by atoms with Crippen LogP contribution in [0.25, 0.3) is 0 Å². The van der Waals surface area contributed by atoms with Crippen LogP contribution in [0.15, 0.2) is 18.2 Å². The molecule has 0 saturated heterocycles. The largest absolute Gasteiger partial charge is 0.493 e. The third kappa shape index (κ3) is 2.78. The average Bonchev–Trinajstić information content (AvgIpc) is 2.49. The fourth-order valence-electron chi connectivity index (χ4n) is 1.55. The van der Waals surface area contributed by atoms with E-state index in [2.05, 4.69) is 4.98 Å². The van der Waals surface area contributed by atoms with E-state index in [1.165, 1.54) is 0 Å². The molecule has 0 radical (unpaired) electrons. The molecule has 0 aliphatic carbocycles. The molecule has 0 bridgehead atoms. The Hall–Kier alpha value is -2.84. The number of pyridine rings is 1. The standard InChI is InChI=1S/C13H7F4NO4/c1-21-7-4-5(13(19)20)2-3-6(7)22-10-8(14)11(16)18-12(17)9(10)15/h2-4H,1H3,(H,19,20). The van der Waals surface area contributed by atoms with Gasteiger partial charge in [-0.1, -0.05) is 0 Å². The van der Waals surface area contributed by atoms with E-state index < -0.39 is 35.2 Å². The summed E-state index contributed by atoms with van der Waals surface area (Å²) in [5.74, 6) is -10.6. The maximum atomic E-state index is 13.5. The van der Waals surface area contributed by atoms with Crippen LogP contribution in [-0.2, 0) is 0 Å². The lowest BCUT2D eigenvalue weighted by atomic mass is 10.2. The van der Waals surface area contributed by atoms with E-state index in [0.29, 0.717) is 0 Å². The van der Waals surface area contributed by atoms with E-state index in [0.717, 1.165) is 25.3 Å². The smallest absolute Gasteiger partial charge is 0.335 e. The molecule has 1 aromatic heterocycles. The van der Waals surface area contributed by atoms with Crippen molar-refractivity contribution in [1.29, 1.82) is 0 Å². The summed E-state index contributed by atoms with van der Waals surface area (Å²) in [6.07, 6.45) is 0. The molecule has 116 valence electrons. The molecular weight excluding hydrogens is 310 g/mol. The summed E-state index contributed by atoms with van der Waals surface area (Å²) in [6.45, 7) is 0. The van der Waals surface area contributed by atoms with Crippen LogP contribution < -0.4 is 9.47 Å². The van der Waals surface area contributed by atoms with Crippen LogP contribution >= 0.6 is 0 Å². The molecule has 1 heterocycles. The van der Waals surface area contributed by atoms with Gasteiger partial charge in [-0.25, -0.2) is 4.79 Å². The first kappa shape index (κ1) is 15.5. The SMILES string of the molecule is COc1cc(C(=O)O)ccc1Oc1c(F)c(F)nc(F)c1F. The van der Waals surface area contributed by atoms with Gasteiger partial charge >= 0.3 is 5.97 Å². The minimum atomic E-state index is -1.88. The second-order valence-electron chi connectivity index (χ2n) is 3.92. The van der Waals surface area contributed by atoms with Crippen LogP contribution in [0.4, 0.5) is 17.6 Å². The highest BCUT2D eigenvalue weighted by atomic mass is 19.2. The number of benzene rings is 1. The summed E-state index contributed by atoms with van der Waals surface area (Å²) in [4.78, 5) is 13.2. The lowest BCUT2D eigenvalue weighted by Crippen LogP contribution is -2.04. The van der Waals surface area contributed by atoms with Crippen LogP contribution in [0.3, 0.4) is 0 Å². The molecule has 0 saturated carbocycles. The van der Waals surface area contributed by atoms with Crippen LogP contribution in [0, 0.1) is 23.5 Å². The van der Waals surface area contributed by atoms with Gasteiger partial charge in [-0.15, -0.1) is 0 Å². The highest BCUT2D eigenvalue weighted by Gasteiger charge is 2.24. The minimum Gasteiger partial charge on any atom is -0.493 e. The Morgan fingerprint density at radius 1 is 1.09 bits per heavy atom. The molecular formula is C13H7F4NO4. The molecule has 0 spiro atoms. The highest BCUT2D eigenvalue weighted by molar-refractivity contribution is 5.88. The number of aromatic nitrogens is 1. The summed E-state index contributed by atoms with van der Waals surface area (Å²) < 4.78 is 62.5. The van der Waals surface area contributed by atoms with E-state index in [-0.39, 0.29) is 17.1 Å². The predicted octanol–water partition coefficient (Wildman–Crippen LogP) is 3.14. The number of halogens is 4. The molecule has 0 aliphatic heterocycles. The zero-order valence-corrected chi connectivity index (χ0v) is 10.9. The van der Waals surface area contributed by atoms with Crippen molar-refractivity contribution in [1.82, 2.24) is 4.98 Å². The van der Waals surface area contributed by atoms with Crippen molar-refractivity contribution < 1.29 is 36.9 Å². The maximum Gasteiger partial charge on any atom is 0.335 e. The van der Waals surface area contributed by atoms with Crippen LogP contribution in [0.2, 0.25) is 0 Å². The van der Waals surface area contributed by atoms with Gasteiger partial charge in [0.25, 0.3) is 11.9 Å². The first-order valence-corrected chi connectivity index (χ1v) is 5.64. The van der Waals surface area contributed by atoms with Gasteiger partial charge in [0.05, 0.1) is 12.7 Å². The number of carboxylic acid groups (broad SMARTS) is 1. The van der Waals surface area contributed by atoms with E-state index in [1.807, 2.05) is 0 Å². The Balaban J connectivity index is 2.50. The Morgan fingerprint density at radius 3 is 2.18 bits per heavy atom. The topological polar surface area (TPSA) is 68.7 Å². The number of hydrogen-bond acceptors (Lipinski definition) is 4. The first-order chi connectivity index (χ1) is 10.3. The summed E-state index contributed by atoms with van der Waals surface area (Å²) in [5, 5.41) is 8.82. The molecule has 5 nitrogen and oxygen atoms in total. The quantitative estimate of drug-likeness (QED) is 0.693. The van der Waals surface area contributed by atoms with E-state index in [4.69, 9.17) is 14.6 Å². The van der Waals surface area contributed by atoms with Crippen molar-refractivity contribution in [3.05, 3.63) is 47.3 Å². The molecule has 0 aliphatic rings. The molecule has 9 heteroatoms. The second kappa shape index (κ2) is 5.88. The molecule has 1 N–H and O–H groups in total. The number of nitrogens with zero attached hydrogens (tertiary/aromatic N) is 1. The number of rotatable bonds is 4. The second-order valence-corrected chi connectivity index (χ2v) is 3.92. The molecule has 1 aromatic carbocycles. The lowest BCUT2D eigenvalue weighted by Gasteiger charge is -2.12. The van der Waals surface area contributed by atoms with Crippen LogP contribution in [0.5, 0.6) is 17.2 Å². The molecule has 22 heavy (non-hydrogen) atoms. The van der Waals surface area contributed by atoms with E-state index in [9.17, 15) is 22.4 Å². The number of ether oxygens (including phenoxy) is 2. The van der Waals surface area contributed by atoms with Gasteiger partial charge < -0.3 is 14.6 Å². The highest BCUT2D eigenvalue weighted by Crippen LogP contribution is 2.35. The van der Waals surface area contributed by atoms with Crippen molar-refractivity contribution in [3.63, 3.8) is 0 Å². The first-order valence-electron chi connectivity index (χ1n) is 5.64. The average molecular weight is 317 g/mol. The van der Waals surface area contributed by atoms with Crippen molar-refractivity contribution in [2.75, 3.05) is 7.11 Å². The van der Waals surface area contributed by atoms with Gasteiger partial charge in [-0.05, 0) is 18.2 Å². The Morgan fingerprint density at radius 2 is 1.68 bits per heavy atom. The van der Waals surface area contributed by atoms with E-state index in [1.54, 1.807) is 0 Å². The van der Waals surface area contributed by atoms with Gasteiger partial charge in [0, 0.05) is 0 Å². The summed E-state index contributed by atoms with van der Waals surface area (Å²) in [6, 6.07) is 3.10. The summed E-state index contributed by atoms with van der Waals surface area (Å²) >= 11 is 0. The molecule has 0 unspecified atom stereocenters. The Bertz CT molecular complexity index is 725. The number of carboxylic acids is 1. The van der Waals surface area contributed by atoms with Crippen LogP contribution in [0.1, 0.15) is 10.4 Å². The van der Waals surface area contributed by atoms with Crippen molar-refractivity contribution in [3.8, 4) is 17.2 Å². The number of hydrogen-bond donors (Lipinski definition) is 1. The van der Waals surface area contributed by atoms with Gasteiger partial charge in [0.15, 0.2) is 11.5 Å². The number of carbonyl (C=O) groups is 1. The van der Waals surface area contributed by atoms with E-state index >= 15 is 0 Å². The zero-order valence-electron chi connectivity index (χ0n) is 10.9. The summed E-state index contributed by atoms with van der Waals surface area (Å²) in [7, 11) is 1.15. The summed E-state index contributed by atoms with van der Waals surface area (Å²) in [5.41, 5.74) is -0.183. The Labute approximate surface area is 120 Å². The number of methoxy groups -OCH3 is 1. The fourth-order valence-corrected chi connectivity index (χ4v) is 1.55. The Kier molecular flexibility index (Phi) is 4.15. The monoisotopic (exact) mass is 317 g/mol. The normalized spacial score (nSPS) is 10.4. The lowest BCUT2D eigenvalue weighted by molar-refractivity contribution is 0.0696. The minimum absolute atomic E-state index is 0.183. The molecule has 2 rings (SSSR count). The number of aromatic carboxylic acids is 1. The van der Waals surface area contributed by atoms with Crippen molar-refractivity contribution >= 4 is 5.97 Å².